The molecule has 5 nitrogen and oxygen atoms in total. The number of amides is 2. The first kappa shape index (κ1) is 18.8. The van der Waals surface area contributed by atoms with E-state index >= 15 is 0 Å². The van der Waals surface area contributed by atoms with Crippen molar-refractivity contribution in [2.24, 2.45) is 5.73 Å². The van der Waals surface area contributed by atoms with Gasteiger partial charge in [-0.25, -0.2) is 4.98 Å². The molecule has 0 saturated carbocycles. The third-order valence-corrected chi connectivity index (χ3v) is 5.04. The number of carbonyl (C=O) groups is 2. The quantitative estimate of drug-likeness (QED) is 0.673. The van der Waals surface area contributed by atoms with Gasteiger partial charge in [-0.1, -0.05) is 50.2 Å². The topological polar surface area (TPSA) is 85.1 Å². The summed E-state index contributed by atoms with van der Waals surface area (Å²) in [5, 5.41) is 5.38. The number of thiazole rings is 1. The Bertz CT molecular complexity index is 944. The van der Waals surface area contributed by atoms with Crippen molar-refractivity contribution in [3.63, 3.8) is 0 Å². The van der Waals surface area contributed by atoms with Crippen molar-refractivity contribution in [1.29, 1.82) is 0 Å². The van der Waals surface area contributed by atoms with E-state index in [2.05, 4.69) is 36.3 Å². The maximum atomic E-state index is 12.4. The lowest BCUT2D eigenvalue weighted by Crippen LogP contribution is -2.14. The molecule has 27 heavy (non-hydrogen) atoms. The molecule has 0 radical (unpaired) electrons. The zero-order valence-corrected chi connectivity index (χ0v) is 16.0. The fraction of sp³-hybridized carbons (Fsp3) is 0.190. The fourth-order valence-electron chi connectivity index (χ4n) is 2.62. The van der Waals surface area contributed by atoms with Crippen LogP contribution < -0.4 is 11.1 Å². The number of anilines is 1. The van der Waals surface area contributed by atoms with Gasteiger partial charge in [-0.3, -0.25) is 9.59 Å². The molecule has 2 amide bonds. The van der Waals surface area contributed by atoms with Gasteiger partial charge in [-0.15, -0.1) is 11.3 Å². The van der Waals surface area contributed by atoms with Crippen LogP contribution in [0.5, 0.6) is 0 Å². The number of carbonyl (C=O) groups excluding carboxylic acids is 2. The van der Waals surface area contributed by atoms with E-state index in [0.717, 1.165) is 16.1 Å². The maximum Gasteiger partial charge on any atom is 0.275 e. The first-order valence-corrected chi connectivity index (χ1v) is 9.55. The van der Waals surface area contributed by atoms with Crippen molar-refractivity contribution < 1.29 is 9.59 Å². The minimum absolute atomic E-state index is 0.180. The Morgan fingerprint density at radius 1 is 1.07 bits per heavy atom. The molecule has 6 heteroatoms. The second-order valence-electron chi connectivity index (χ2n) is 6.61. The van der Waals surface area contributed by atoms with Crippen LogP contribution in [0, 0.1) is 0 Å². The molecule has 0 atom stereocenters. The third kappa shape index (κ3) is 4.80. The van der Waals surface area contributed by atoms with Crippen molar-refractivity contribution in [1.82, 2.24) is 4.98 Å². The molecule has 2 aromatic carbocycles. The first-order valence-electron chi connectivity index (χ1n) is 8.67. The summed E-state index contributed by atoms with van der Waals surface area (Å²) in [4.78, 5) is 27.8. The minimum atomic E-state index is -0.386. The van der Waals surface area contributed by atoms with Gasteiger partial charge in [-0.2, -0.15) is 0 Å². The molecule has 0 aliphatic carbocycles. The predicted octanol–water partition coefficient (Wildman–Crippen LogP) is 4.21. The molecule has 0 spiro atoms. The number of nitrogens with two attached hydrogens (primary N) is 1. The average Bonchev–Trinajstić information content (AvgIpc) is 3.13. The second-order valence-corrected chi connectivity index (χ2v) is 7.47. The van der Waals surface area contributed by atoms with Gasteiger partial charge in [0.1, 0.15) is 10.7 Å². The SMILES string of the molecule is CC(C)c1ccc(-c2nc(C(=O)Nc3ccc(CC(N)=O)cc3)cs2)cc1. The zero-order chi connectivity index (χ0) is 19.4. The van der Waals surface area contributed by atoms with Crippen molar-refractivity contribution in [3.05, 3.63) is 70.7 Å². The van der Waals surface area contributed by atoms with Gasteiger partial charge < -0.3 is 11.1 Å². The van der Waals surface area contributed by atoms with E-state index in [1.807, 2.05) is 12.1 Å². The van der Waals surface area contributed by atoms with Crippen LogP contribution in [-0.4, -0.2) is 16.8 Å². The smallest absolute Gasteiger partial charge is 0.275 e. The Balaban J connectivity index is 1.68. The molecule has 0 aliphatic heterocycles. The number of benzene rings is 2. The lowest BCUT2D eigenvalue weighted by atomic mass is 10.0. The van der Waals surface area contributed by atoms with Crippen molar-refractivity contribution in [2.45, 2.75) is 26.2 Å². The highest BCUT2D eigenvalue weighted by molar-refractivity contribution is 7.13. The third-order valence-electron chi connectivity index (χ3n) is 4.15. The maximum absolute atomic E-state index is 12.4. The van der Waals surface area contributed by atoms with E-state index in [9.17, 15) is 9.59 Å². The van der Waals surface area contributed by atoms with E-state index in [0.29, 0.717) is 17.3 Å². The van der Waals surface area contributed by atoms with Crippen LogP contribution >= 0.6 is 11.3 Å². The highest BCUT2D eigenvalue weighted by atomic mass is 32.1. The van der Waals surface area contributed by atoms with Gasteiger partial charge in [0.15, 0.2) is 0 Å². The van der Waals surface area contributed by atoms with Crippen LogP contribution in [0.2, 0.25) is 0 Å². The Morgan fingerprint density at radius 3 is 2.33 bits per heavy atom. The summed E-state index contributed by atoms with van der Waals surface area (Å²) in [5.41, 5.74) is 9.28. The number of nitrogens with one attached hydrogen (secondary N) is 1. The van der Waals surface area contributed by atoms with E-state index in [1.54, 1.807) is 29.6 Å². The van der Waals surface area contributed by atoms with Crippen molar-refractivity contribution in [3.8, 4) is 10.6 Å². The molecule has 1 heterocycles. The van der Waals surface area contributed by atoms with Gasteiger partial charge in [0.25, 0.3) is 5.91 Å². The number of primary amides is 1. The summed E-state index contributed by atoms with van der Waals surface area (Å²) in [7, 11) is 0. The molecule has 1 aromatic heterocycles. The van der Waals surface area contributed by atoms with Gasteiger partial charge >= 0.3 is 0 Å². The van der Waals surface area contributed by atoms with Crippen molar-refractivity contribution >= 4 is 28.8 Å². The standard InChI is InChI=1S/C21H21N3O2S/c1-13(2)15-5-7-16(8-6-15)21-24-18(12-27-21)20(26)23-17-9-3-14(4-10-17)11-19(22)25/h3-10,12-13H,11H2,1-2H3,(H2,22,25)(H,23,26). The van der Waals surface area contributed by atoms with E-state index < -0.39 is 0 Å². The van der Waals surface area contributed by atoms with Crippen LogP contribution in [0.3, 0.4) is 0 Å². The van der Waals surface area contributed by atoms with Crippen LogP contribution in [0.1, 0.15) is 41.4 Å². The summed E-state index contributed by atoms with van der Waals surface area (Å²) in [6, 6.07) is 15.3. The van der Waals surface area contributed by atoms with Gasteiger partial charge in [0, 0.05) is 16.6 Å². The van der Waals surface area contributed by atoms with Crippen LogP contribution in [0.25, 0.3) is 10.6 Å². The van der Waals surface area contributed by atoms with Crippen molar-refractivity contribution in [2.75, 3.05) is 5.32 Å². The molecule has 0 bridgehead atoms. The summed E-state index contributed by atoms with van der Waals surface area (Å²) in [5.74, 6) is -0.173. The highest BCUT2D eigenvalue weighted by Crippen LogP contribution is 2.26. The monoisotopic (exact) mass is 379 g/mol. The number of aromatic nitrogens is 1. The lowest BCUT2D eigenvalue weighted by molar-refractivity contribution is -0.117. The van der Waals surface area contributed by atoms with Crippen LogP contribution in [-0.2, 0) is 11.2 Å². The highest BCUT2D eigenvalue weighted by Gasteiger charge is 2.12. The molecule has 0 saturated heterocycles. The van der Waals surface area contributed by atoms with E-state index in [1.165, 1.54) is 16.9 Å². The first-order chi connectivity index (χ1) is 12.9. The van der Waals surface area contributed by atoms with Gasteiger partial charge in [-0.05, 0) is 29.2 Å². The normalized spacial score (nSPS) is 10.8. The zero-order valence-electron chi connectivity index (χ0n) is 15.2. The number of hydrogen-bond donors (Lipinski definition) is 2. The fourth-order valence-corrected chi connectivity index (χ4v) is 3.43. The van der Waals surface area contributed by atoms with E-state index in [4.69, 9.17) is 5.73 Å². The number of hydrogen-bond acceptors (Lipinski definition) is 4. The summed E-state index contributed by atoms with van der Waals surface area (Å²) in [6.45, 7) is 4.31. The Kier molecular flexibility index (Phi) is 5.66. The molecule has 0 fully saturated rings. The Morgan fingerprint density at radius 2 is 1.74 bits per heavy atom. The molecule has 3 aromatic rings. The van der Waals surface area contributed by atoms with Gasteiger partial charge in [0.2, 0.25) is 5.91 Å². The Hall–Kier alpha value is -2.99. The molecule has 138 valence electrons. The molecular formula is C21H21N3O2S. The largest absolute Gasteiger partial charge is 0.369 e. The predicted molar refractivity (Wildman–Crippen MR) is 109 cm³/mol. The van der Waals surface area contributed by atoms with Crippen LogP contribution in [0.4, 0.5) is 5.69 Å². The van der Waals surface area contributed by atoms with E-state index in [-0.39, 0.29) is 18.2 Å². The number of rotatable bonds is 6. The summed E-state index contributed by atoms with van der Waals surface area (Å²) < 4.78 is 0. The molecule has 0 aliphatic rings. The summed E-state index contributed by atoms with van der Waals surface area (Å²) in [6.07, 6.45) is 0.180. The van der Waals surface area contributed by atoms with Gasteiger partial charge in [0.05, 0.1) is 6.42 Å². The Labute approximate surface area is 162 Å². The average molecular weight is 379 g/mol. The molecule has 3 N–H and O–H groups in total. The number of nitrogens with zero attached hydrogens (tertiary/aromatic N) is 1. The van der Waals surface area contributed by atoms with Crippen LogP contribution in [0.15, 0.2) is 53.9 Å². The summed E-state index contributed by atoms with van der Waals surface area (Å²) >= 11 is 1.44. The molecule has 0 unspecified atom stereocenters. The molecule has 3 rings (SSSR count). The molecular weight excluding hydrogens is 358 g/mol. The second kappa shape index (κ2) is 8.14. The minimum Gasteiger partial charge on any atom is -0.369 e. The lowest BCUT2D eigenvalue weighted by Gasteiger charge is -2.05.